The highest BCUT2D eigenvalue weighted by Gasteiger charge is 2.29. The third-order valence-electron chi connectivity index (χ3n) is 3.98. The molecule has 0 aliphatic carbocycles. The van der Waals surface area contributed by atoms with Crippen molar-refractivity contribution in [3.05, 3.63) is 71.9 Å². The van der Waals surface area contributed by atoms with Crippen LogP contribution in [0.3, 0.4) is 0 Å². The van der Waals surface area contributed by atoms with Crippen LogP contribution in [0.15, 0.2) is 65.8 Å². The van der Waals surface area contributed by atoms with E-state index >= 15 is 0 Å². The van der Waals surface area contributed by atoms with Gasteiger partial charge in [-0.15, -0.1) is 0 Å². The number of rotatable bonds is 2. The summed E-state index contributed by atoms with van der Waals surface area (Å²) in [7, 11) is 0. The molecule has 1 atom stereocenters. The molecule has 1 aliphatic heterocycles. The van der Waals surface area contributed by atoms with Crippen LogP contribution in [0.1, 0.15) is 28.5 Å². The summed E-state index contributed by atoms with van der Waals surface area (Å²) in [4.78, 5) is 16.0. The molecule has 4 rings (SSSR count). The van der Waals surface area contributed by atoms with E-state index in [9.17, 15) is 4.79 Å². The van der Waals surface area contributed by atoms with Gasteiger partial charge in [0.1, 0.15) is 5.69 Å². The number of aromatic amines is 1. The van der Waals surface area contributed by atoms with Crippen molar-refractivity contribution in [3.63, 3.8) is 0 Å². The number of fused-ring (bicyclic) bond motifs is 1. The van der Waals surface area contributed by atoms with Crippen molar-refractivity contribution in [2.75, 3.05) is 0 Å². The summed E-state index contributed by atoms with van der Waals surface area (Å²) in [5.41, 5.74) is 2.64. The van der Waals surface area contributed by atoms with Gasteiger partial charge in [-0.2, -0.15) is 5.10 Å². The molecule has 0 spiro atoms. The van der Waals surface area contributed by atoms with E-state index in [1.165, 1.54) is 0 Å². The van der Waals surface area contributed by atoms with Crippen LogP contribution in [0.25, 0.3) is 10.9 Å². The Morgan fingerprint density at radius 3 is 2.68 bits per heavy atom. The van der Waals surface area contributed by atoms with Gasteiger partial charge < -0.3 is 4.98 Å². The normalized spacial score (nSPS) is 17.3. The third kappa shape index (κ3) is 2.09. The van der Waals surface area contributed by atoms with Gasteiger partial charge in [0.2, 0.25) is 0 Å². The molecular weight excluding hydrogens is 274 g/mol. The zero-order chi connectivity index (χ0) is 14.9. The fourth-order valence-corrected chi connectivity index (χ4v) is 2.87. The van der Waals surface area contributed by atoms with E-state index in [0.717, 1.165) is 22.9 Å². The van der Waals surface area contributed by atoms with Crippen LogP contribution < -0.4 is 0 Å². The summed E-state index contributed by atoms with van der Waals surface area (Å²) < 4.78 is 0. The lowest BCUT2D eigenvalue weighted by molar-refractivity contribution is 0.0706. The highest BCUT2D eigenvalue weighted by atomic mass is 16.2. The van der Waals surface area contributed by atoms with Crippen LogP contribution in [0.5, 0.6) is 0 Å². The molecule has 4 nitrogen and oxygen atoms in total. The van der Waals surface area contributed by atoms with Gasteiger partial charge in [-0.3, -0.25) is 4.79 Å². The number of H-pyrrole nitrogens is 1. The fraction of sp³-hybridized carbons (Fsp3) is 0.111. The highest BCUT2D eigenvalue weighted by Crippen LogP contribution is 2.29. The van der Waals surface area contributed by atoms with E-state index in [-0.39, 0.29) is 11.9 Å². The Bertz CT molecular complexity index is 818. The number of hydrogen-bond acceptors (Lipinski definition) is 2. The molecule has 1 amide bonds. The molecule has 0 bridgehead atoms. The molecule has 1 aromatic heterocycles. The summed E-state index contributed by atoms with van der Waals surface area (Å²) in [6, 6.07) is 19.7. The van der Waals surface area contributed by atoms with Crippen molar-refractivity contribution in [1.82, 2.24) is 9.99 Å². The second-order valence-electron chi connectivity index (χ2n) is 5.38. The Labute approximate surface area is 128 Å². The lowest BCUT2D eigenvalue weighted by atomic mass is 10.0. The number of aromatic nitrogens is 1. The quantitative estimate of drug-likeness (QED) is 0.767. The average Bonchev–Trinajstić information content (AvgIpc) is 3.21. The number of para-hydroxylation sites is 1. The first kappa shape index (κ1) is 12.8. The Morgan fingerprint density at radius 2 is 1.86 bits per heavy atom. The largest absolute Gasteiger partial charge is 0.350 e. The number of hydrazone groups is 1. The zero-order valence-electron chi connectivity index (χ0n) is 11.9. The monoisotopic (exact) mass is 289 g/mol. The average molecular weight is 289 g/mol. The maximum absolute atomic E-state index is 12.8. The maximum Gasteiger partial charge on any atom is 0.290 e. The van der Waals surface area contributed by atoms with Crippen molar-refractivity contribution in [1.29, 1.82) is 0 Å². The van der Waals surface area contributed by atoms with E-state index in [1.807, 2.05) is 60.7 Å². The second-order valence-corrected chi connectivity index (χ2v) is 5.38. The maximum atomic E-state index is 12.8. The first-order valence-corrected chi connectivity index (χ1v) is 7.31. The molecule has 4 heteroatoms. The van der Waals surface area contributed by atoms with E-state index in [4.69, 9.17) is 0 Å². The Balaban J connectivity index is 1.68. The van der Waals surface area contributed by atoms with Gasteiger partial charge in [0, 0.05) is 23.5 Å². The lowest BCUT2D eigenvalue weighted by Gasteiger charge is -2.21. The predicted octanol–water partition coefficient (Wildman–Crippen LogP) is 3.74. The smallest absolute Gasteiger partial charge is 0.290 e. The lowest BCUT2D eigenvalue weighted by Crippen LogP contribution is -2.27. The second kappa shape index (κ2) is 5.15. The van der Waals surface area contributed by atoms with Gasteiger partial charge in [-0.1, -0.05) is 48.5 Å². The molecule has 2 heterocycles. The molecule has 108 valence electrons. The van der Waals surface area contributed by atoms with Crippen LogP contribution in [0, 0.1) is 0 Å². The van der Waals surface area contributed by atoms with Gasteiger partial charge >= 0.3 is 0 Å². The Hall–Kier alpha value is -2.88. The minimum absolute atomic E-state index is 0.0277. The molecule has 2 aromatic carbocycles. The van der Waals surface area contributed by atoms with Crippen molar-refractivity contribution in [2.24, 2.45) is 5.10 Å². The molecule has 0 radical (unpaired) electrons. The number of hydrogen-bond donors (Lipinski definition) is 1. The first-order valence-electron chi connectivity index (χ1n) is 7.31. The van der Waals surface area contributed by atoms with Crippen LogP contribution in [-0.2, 0) is 0 Å². The summed E-state index contributed by atoms with van der Waals surface area (Å²) >= 11 is 0. The number of amides is 1. The number of carbonyl (C=O) groups is 1. The van der Waals surface area contributed by atoms with Gasteiger partial charge in [0.25, 0.3) is 5.91 Å². The molecule has 0 saturated carbocycles. The van der Waals surface area contributed by atoms with E-state index in [0.29, 0.717) is 5.69 Å². The van der Waals surface area contributed by atoms with Crippen molar-refractivity contribution in [3.8, 4) is 0 Å². The predicted molar refractivity (Wildman–Crippen MR) is 86.8 cm³/mol. The molecule has 1 N–H and O–H groups in total. The first-order chi connectivity index (χ1) is 10.8. The topological polar surface area (TPSA) is 48.5 Å². The highest BCUT2D eigenvalue weighted by molar-refractivity contribution is 5.98. The van der Waals surface area contributed by atoms with Gasteiger partial charge in [0.15, 0.2) is 0 Å². The summed E-state index contributed by atoms with van der Waals surface area (Å²) in [6.07, 6.45) is 2.55. The van der Waals surface area contributed by atoms with Crippen LogP contribution in [-0.4, -0.2) is 22.1 Å². The molecule has 1 aliphatic rings. The fourth-order valence-electron chi connectivity index (χ4n) is 2.87. The van der Waals surface area contributed by atoms with Gasteiger partial charge in [0.05, 0.1) is 6.04 Å². The number of benzene rings is 2. The number of nitrogens with one attached hydrogen (secondary N) is 1. The SMILES string of the molecule is O=C(c1cc2ccccc2[nH]1)N1N=CCC1c1ccccc1. The van der Waals surface area contributed by atoms with Gasteiger partial charge in [-0.25, -0.2) is 5.01 Å². The summed E-state index contributed by atoms with van der Waals surface area (Å²) in [5.74, 6) is -0.0983. The number of carbonyl (C=O) groups excluding carboxylic acids is 1. The minimum Gasteiger partial charge on any atom is -0.350 e. The van der Waals surface area contributed by atoms with Crippen molar-refractivity contribution < 1.29 is 4.79 Å². The molecular formula is C18H15N3O. The van der Waals surface area contributed by atoms with Crippen molar-refractivity contribution >= 4 is 23.0 Å². The van der Waals surface area contributed by atoms with Crippen molar-refractivity contribution in [2.45, 2.75) is 12.5 Å². The third-order valence-corrected chi connectivity index (χ3v) is 3.98. The molecule has 1 unspecified atom stereocenters. The minimum atomic E-state index is -0.0983. The molecule has 3 aromatic rings. The zero-order valence-corrected chi connectivity index (χ0v) is 11.9. The van der Waals surface area contributed by atoms with Crippen LogP contribution in [0.2, 0.25) is 0 Å². The van der Waals surface area contributed by atoms with Gasteiger partial charge in [-0.05, 0) is 17.7 Å². The molecule has 0 saturated heterocycles. The van der Waals surface area contributed by atoms with Crippen LogP contribution in [0.4, 0.5) is 0 Å². The van der Waals surface area contributed by atoms with Crippen LogP contribution >= 0.6 is 0 Å². The Kier molecular flexibility index (Phi) is 3.00. The van der Waals surface area contributed by atoms with E-state index < -0.39 is 0 Å². The molecule has 22 heavy (non-hydrogen) atoms. The van der Waals surface area contributed by atoms with E-state index in [2.05, 4.69) is 10.1 Å². The number of nitrogens with zero attached hydrogens (tertiary/aromatic N) is 2. The van der Waals surface area contributed by atoms with E-state index in [1.54, 1.807) is 11.2 Å². The molecule has 0 fully saturated rings. The summed E-state index contributed by atoms with van der Waals surface area (Å²) in [5, 5.41) is 6.88. The Morgan fingerprint density at radius 1 is 1.09 bits per heavy atom. The summed E-state index contributed by atoms with van der Waals surface area (Å²) in [6.45, 7) is 0. The standard InChI is InChI=1S/C18H15N3O/c22-18(16-12-14-8-4-5-9-15(14)20-16)21-17(10-11-19-21)13-6-2-1-3-7-13/h1-9,11-12,17,20H,10H2.